The van der Waals surface area contributed by atoms with Crippen molar-refractivity contribution in [3.05, 3.63) is 28.2 Å². The highest BCUT2D eigenvalue weighted by Gasteiger charge is 2.42. The fourth-order valence-corrected chi connectivity index (χ4v) is 2.44. The molecule has 0 spiro atoms. The third kappa shape index (κ3) is 3.20. The molecular formula is C15H18BrNO4. The number of anilines is 1. The molecule has 2 rings (SSSR count). The molecule has 0 bridgehead atoms. The Morgan fingerprint density at radius 3 is 2.52 bits per heavy atom. The molecule has 0 saturated heterocycles. The highest BCUT2D eigenvalue weighted by atomic mass is 79.9. The molecular weight excluding hydrogens is 338 g/mol. The Morgan fingerprint density at radius 2 is 1.95 bits per heavy atom. The van der Waals surface area contributed by atoms with Crippen LogP contribution >= 0.6 is 15.9 Å². The van der Waals surface area contributed by atoms with Gasteiger partial charge in [-0.2, -0.15) is 4.90 Å². The number of ether oxygens (including phenoxy) is 2. The molecule has 114 valence electrons. The number of hydrogen-bond donors (Lipinski definition) is 0. The lowest BCUT2D eigenvalue weighted by molar-refractivity contribution is 0.0264. The number of carbonyl (C=O) groups excluding carboxylic acids is 2. The van der Waals surface area contributed by atoms with E-state index in [4.69, 9.17) is 9.47 Å². The molecule has 1 heterocycles. The van der Waals surface area contributed by atoms with Gasteiger partial charge in [0.2, 0.25) is 0 Å². The molecule has 5 nitrogen and oxygen atoms in total. The van der Waals surface area contributed by atoms with Crippen molar-refractivity contribution in [1.29, 1.82) is 0 Å². The van der Waals surface area contributed by atoms with E-state index in [0.29, 0.717) is 5.69 Å². The first-order chi connectivity index (χ1) is 9.51. The predicted octanol–water partition coefficient (Wildman–Crippen LogP) is 4.58. The third-order valence-electron chi connectivity index (χ3n) is 2.95. The Morgan fingerprint density at radius 1 is 1.33 bits per heavy atom. The highest BCUT2D eigenvalue weighted by Crippen LogP contribution is 2.40. The molecule has 0 radical (unpaired) electrons. The fraction of sp³-hybridized carbons (Fsp3) is 0.467. The van der Waals surface area contributed by atoms with E-state index in [0.717, 1.165) is 14.9 Å². The summed E-state index contributed by atoms with van der Waals surface area (Å²) in [5.41, 5.74) is -0.287. The Kier molecular flexibility index (Phi) is 3.78. The van der Waals surface area contributed by atoms with Crippen LogP contribution < -0.4 is 4.90 Å². The van der Waals surface area contributed by atoms with Crippen molar-refractivity contribution in [1.82, 2.24) is 0 Å². The van der Waals surface area contributed by atoms with Crippen LogP contribution in [0.5, 0.6) is 0 Å². The van der Waals surface area contributed by atoms with Gasteiger partial charge in [0.1, 0.15) is 11.2 Å². The van der Waals surface area contributed by atoms with Crippen LogP contribution in [0.25, 0.3) is 0 Å². The zero-order chi connectivity index (χ0) is 16.0. The van der Waals surface area contributed by atoms with Crippen LogP contribution in [-0.4, -0.2) is 17.8 Å². The molecule has 1 aromatic rings. The van der Waals surface area contributed by atoms with Crippen molar-refractivity contribution < 1.29 is 19.1 Å². The van der Waals surface area contributed by atoms with Gasteiger partial charge in [-0.1, -0.05) is 15.9 Å². The number of hydrogen-bond acceptors (Lipinski definition) is 4. The van der Waals surface area contributed by atoms with E-state index in [2.05, 4.69) is 15.9 Å². The second-order valence-corrected chi connectivity index (χ2v) is 7.27. The summed E-state index contributed by atoms with van der Waals surface area (Å²) in [7, 11) is 0. The molecule has 6 heteroatoms. The van der Waals surface area contributed by atoms with E-state index in [9.17, 15) is 9.59 Å². The number of nitrogens with zero attached hydrogens (tertiary/aromatic N) is 1. The number of fused-ring (bicyclic) bond motifs is 1. The smallest absolute Gasteiger partial charge is 0.424 e. The number of rotatable bonds is 0. The molecule has 0 N–H and O–H groups in total. The summed E-state index contributed by atoms with van der Waals surface area (Å²) in [6.07, 6.45) is -1.48. The molecule has 1 aromatic carbocycles. The summed E-state index contributed by atoms with van der Waals surface area (Å²) in [6.45, 7) is 8.79. The number of imide groups is 1. The van der Waals surface area contributed by atoms with Crippen LogP contribution in [0.4, 0.5) is 15.3 Å². The Bertz CT molecular complexity index is 604. The second kappa shape index (κ2) is 5.02. The number of cyclic esters (lactones) is 1. The summed E-state index contributed by atoms with van der Waals surface area (Å²) < 4.78 is 11.5. The number of carbonyl (C=O) groups is 2. The van der Waals surface area contributed by atoms with Gasteiger partial charge in [0.15, 0.2) is 0 Å². The quantitative estimate of drug-likeness (QED) is 0.683. The van der Waals surface area contributed by atoms with Gasteiger partial charge < -0.3 is 9.47 Å². The predicted molar refractivity (Wildman–Crippen MR) is 82.4 cm³/mol. The van der Waals surface area contributed by atoms with Crippen molar-refractivity contribution in [2.75, 3.05) is 4.90 Å². The molecule has 21 heavy (non-hydrogen) atoms. The first kappa shape index (κ1) is 15.8. The average Bonchev–Trinajstić information content (AvgIpc) is 2.26. The van der Waals surface area contributed by atoms with Gasteiger partial charge in [0.25, 0.3) is 0 Å². The molecule has 1 aliphatic rings. The largest absolute Gasteiger partial charge is 0.443 e. The third-order valence-corrected chi connectivity index (χ3v) is 3.44. The Labute approximate surface area is 132 Å². The van der Waals surface area contributed by atoms with Gasteiger partial charge in [-0.25, -0.2) is 9.59 Å². The topological polar surface area (TPSA) is 55.8 Å². The van der Waals surface area contributed by atoms with Crippen LogP contribution in [-0.2, 0) is 15.1 Å². The maximum absolute atomic E-state index is 12.3. The van der Waals surface area contributed by atoms with Crippen molar-refractivity contribution in [3.8, 4) is 0 Å². The number of amides is 2. The number of halogens is 1. The Balaban J connectivity index is 2.49. The summed E-state index contributed by atoms with van der Waals surface area (Å²) in [5, 5.41) is 0. The van der Waals surface area contributed by atoms with Crippen molar-refractivity contribution in [2.24, 2.45) is 0 Å². The van der Waals surface area contributed by atoms with Gasteiger partial charge in [-0.05, 0) is 52.8 Å². The van der Waals surface area contributed by atoms with E-state index >= 15 is 0 Å². The van der Waals surface area contributed by atoms with E-state index in [1.54, 1.807) is 46.8 Å². The second-order valence-electron chi connectivity index (χ2n) is 6.36. The molecule has 0 saturated carbocycles. The van der Waals surface area contributed by atoms with E-state index < -0.39 is 23.4 Å². The minimum absolute atomic E-state index is 0.480. The monoisotopic (exact) mass is 355 g/mol. The Hall–Kier alpha value is -1.56. The highest BCUT2D eigenvalue weighted by molar-refractivity contribution is 9.10. The number of benzene rings is 1. The molecule has 2 amide bonds. The van der Waals surface area contributed by atoms with Crippen LogP contribution in [0.2, 0.25) is 0 Å². The van der Waals surface area contributed by atoms with Crippen molar-refractivity contribution in [3.63, 3.8) is 0 Å². The first-order valence-corrected chi connectivity index (χ1v) is 7.37. The van der Waals surface area contributed by atoms with Crippen LogP contribution in [0.3, 0.4) is 0 Å². The molecule has 1 aliphatic heterocycles. The molecule has 0 aliphatic carbocycles. The minimum atomic E-state index is -0.811. The van der Waals surface area contributed by atoms with E-state index in [1.807, 2.05) is 6.07 Å². The van der Waals surface area contributed by atoms with Gasteiger partial charge in [0.05, 0.1) is 5.69 Å². The summed E-state index contributed by atoms with van der Waals surface area (Å²) >= 11 is 3.39. The SMILES string of the molecule is CC(C)(C)OC(=O)N1C(=O)OC(C)(C)c2cc(Br)ccc21. The summed E-state index contributed by atoms with van der Waals surface area (Å²) in [5.74, 6) is 0. The van der Waals surface area contributed by atoms with Crippen LogP contribution in [0.15, 0.2) is 22.7 Å². The molecule has 0 fully saturated rings. The van der Waals surface area contributed by atoms with Crippen molar-refractivity contribution in [2.45, 2.75) is 45.8 Å². The fourth-order valence-electron chi connectivity index (χ4n) is 2.08. The molecule has 0 unspecified atom stereocenters. The zero-order valence-corrected chi connectivity index (χ0v) is 14.3. The van der Waals surface area contributed by atoms with Gasteiger partial charge in [-0.3, -0.25) is 0 Å². The maximum Gasteiger partial charge on any atom is 0.424 e. The van der Waals surface area contributed by atoms with Gasteiger partial charge in [-0.15, -0.1) is 0 Å². The normalized spacial score (nSPS) is 17.0. The minimum Gasteiger partial charge on any atom is -0.443 e. The summed E-state index contributed by atoms with van der Waals surface area (Å²) in [4.78, 5) is 25.4. The lowest BCUT2D eigenvalue weighted by atomic mass is 9.94. The molecule has 0 aromatic heterocycles. The van der Waals surface area contributed by atoms with E-state index in [-0.39, 0.29) is 0 Å². The van der Waals surface area contributed by atoms with Crippen LogP contribution in [0, 0.1) is 0 Å². The maximum atomic E-state index is 12.3. The average molecular weight is 356 g/mol. The van der Waals surface area contributed by atoms with Gasteiger partial charge >= 0.3 is 12.2 Å². The first-order valence-electron chi connectivity index (χ1n) is 6.57. The lowest BCUT2D eigenvalue weighted by Crippen LogP contribution is -2.48. The zero-order valence-electron chi connectivity index (χ0n) is 12.7. The van der Waals surface area contributed by atoms with E-state index in [1.165, 1.54) is 0 Å². The van der Waals surface area contributed by atoms with Crippen LogP contribution in [0.1, 0.15) is 40.2 Å². The van der Waals surface area contributed by atoms with Crippen molar-refractivity contribution >= 4 is 33.8 Å². The molecule has 0 atom stereocenters. The summed E-state index contributed by atoms with van der Waals surface area (Å²) in [6, 6.07) is 5.30. The standard InChI is InChI=1S/C15H18BrNO4/c1-14(2,3)20-12(18)17-11-7-6-9(16)8-10(11)15(4,5)21-13(17)19/h6-8H,1-5H3. The lowest BCUT2D eigenvalue weighted by Gasteiger charge is -2.37. The van der Waals surface area contributed by atoms with Gasteiger partial charge in [0, 0.05) is 10.0 Å².